The first-order valence-electron chi connectivity index (χ1n) is 16.8. The number of benzene rings is 3. The van der Waals surface area contributed by atoms with Crippen LogP contribution in [0.1, 0.15) is 83.3 Å². The Kier molecular flexibility index (Phi) is 13.1. The zero-order valence-corrected chi connectivity index (χ0v) is 30.8. The van der Waals surface area contributed by atoms with Crippen molar-refractivity contribution in [2.45, 2.75) is 65.2 Å². The molecule has 13 nitrogen and oxygen atoms in total. The van der Waals surface area contributed by atoms with Crippen molar-refractivity contribution in [2.24, 2.45) is 5.92 Å². The monoisotopic (exact) mass is 717 g/mol. The molecule has 0 saturated heterocycles. The van der Waals surface area contributed by atoms with E-state index >= 15 is 0 Å². The molecule has 0 saturated carbocycles. The van der Waals surface area contributed by atoms with Crippen LogP contribution in [0.3, 0.4) is 0 Å². The van der Waals surface area contributed by atoms with Gasteiger partial charge in [0.2, 0.25) is 21.8 Å². The van der Waals surface area contributed by atoms with E-state index < -0.39 is 40.0 Å². The number of hydrogen-bond donors (Lipinski definition) is 4. The van der Waals surface area contributed by atoms with E-state index in [9.17, 15) is 22.8 Å². The van der Waals surface area contributed by atoms with Crippen LogP contribution >= 0.6 is 0 Å². The minimum Gasteiger partial charge on any atom is -0.348 e. The van der Waals surface area contributed by atoms with Gasteiger partial charge in [-0.05, 0) is 62.4 Å². The Balaban J connectivity index is 1.55. The maximum Gasteiger partial charge on any atom is 0.251 e. The van der Waals surface area contributed by atoms with Crippen LogP contribution in [-0.4, -0.2) is 68.2 Å². The first-order chi connectivity index (χ1) is 24.1. The molecule has 0 aliphatic heterocycles. The van der Waals surface area contributed by atoms with E-state index in [0.29, 0.717) is 18.1 Å². The normalized spacial score (nSPS) is 13.9. The number of carbonyl (C=O) groups excluding carboxylic acids is 3. The molecule has 1 aromatic heterocycles. The Morgan fingerprint density at radius 1 is 0.843 bits per heavy atom. The van der Waals surface area contributed by atoms with Gasteiger partial charge < -0.3 is 25.8 Å². The van der Waals surface area contributed by atoms with Crippen molar-refractivity contribution in [1.82, 2.24) is 31.4 Å². The van der Waals surface area contributed by atoms with E-state index in [1.165, 1.54) is 25.2 Å². The molecular weight excluding hydrogens is 671 g/mol. The van der Waals surface area contributed by atoms with Crippen LogP contribution in [-0.2, 0) is 21.2 Å². The number of aromatic nitrogens is 2. The van der Waals surface area contributed by atoms with Crippen molar-refractivity contribution >= 4 is 33.4 Å². The lowest BCUT2D eigenvalue weighted by atomic mass is 10.0. The number of sulfonamides is 1. The van der Waals surface area contributed by atoms with E-state index in [4.69, 9.17) is 4.52 Å². The molecule has 0 fully saturated rings. The molecule has 3 amide bonds. The summed E-state index contributed by atoms with van der Waals surface area (Å²) in [5.41, 5.74) is 2.21. The second kappa shape index (κ2) is 17.2. The van der Waals surface area contributed by atoms with Gasteiger partial charge in [0, 0.05) is 30.8 Å². The minimum absolute atomic E-state index is 0.0165. The lowest BCUT2D eigenvalue weighted by molar-refractivity contribution is -0.124. The van der Waals surface area contributed by atoms with Gasteiger partial charge in [0.05, 0.1) is 24.0 Å². The van der Waals surface area contributed by atoms with Gasteiger partial charge in [-0.15, -0.1) is 0 Å². The molecule has 4 N–H and O–H groups in total. The number of amides is 3. The molecular formula is C37H47N7O6S. The second-order valence-electron chi connectivity index (χ2n) is 13.0. The average Bonchev–Trinajstić information content (AvgIpc) is 3.54. The Labute approximate surface area is 299 Å². The van der Waals surface area contributed by atoms with Gasteiger partial charge in [0.25, 0.3) is 11.8 Å². The summed E-state index contributed by atoms with van der Waals surface area (Å²) in [5, 5.41) is 16.0. The van der Waals surface area contributed by atoms with Crippen LogP contribution in [0.2, 0.25) is 0 Å². The van der Waals surface area contributed by atoms with Gasteiger partial charge in [-0.1, -0.05) is 79.7 Å². The van der Waals surface area contributed by atoms with Crippen LogP contribution in [0, 0.1) is 12.8 Å². The van der Waals surface area contributed by atoms with Crippen molar-refractivity contribution in [3.63, 3.8) is 0 Å². The Morgan fingerprint density at radius 3 is 1.98 bits per heavy atom. The number of aryl methyl sites for hydroxylation is 1. The highest BCUT2D eigenvalue weighted by atomic mass is 32.2. The summed E-state index contributed by atoms with van der Waals surface area (Å²) in [5.74, 6) is -0.497. The minimum atomic E-state index is -3.72. The Morgan fingerprint density at radius 2 is 1.43 bits per heavy atom. The van der Waals surface area contributed by atoms with Crippen molar-refractivity contribution in [3.05, 3.63) is 113 Å². The summed E-state index contributed by atoms with van der Waals surface area (Å²) in [4.78, 5) is 44.9. The predicted molar refractivity (Wildman–Crippen MR) is 196 cm³/mol. The first-order valence-corrected chi connectivity index (χ1v) is 18.6. The van der Waals surface area contributed by atoms with Gasteiger partial charge in [-0.3, -0.25) is 18.7 Å². The topological polar surface area (TPSA) is 176 Å². The maximum absolute atomic E-state index is 13.9. The van der Waals surface area contributed by atoms with Gasteiger partial charge >= 0.3 is 0 Å². The molecule has 4 atom stereocenters. The quantitative estimate of drug-likeness (QED) is 0.133. The van der Waals surface area contributed by atoms with Crippen molar-refractivity contribution in [3.8, 4) is 0 Å². The van der Waals surface area contributed by atoms with Crippen molar-refractivity contribution in [1.29, 1.82) is 0 Å². The Hall–Kier alpha value is -5.08. The fourth-order valence-electron chi connectivity index (χ4n) is 5.34. The third-order valence-corrected chi connectivity index (χ3v) is 9.65. The van der Waals surface area contributed by atoms with Gasteiger partial charge in [-0.2, -0.15) is 4.98 Å². The Bertz CT molecular complexity index is 1900. The highest BCUT2D eigenvalue weighted by Gasteiger charge is 2.27. The van der Waals surface area contributed by atoms with Crippen molar-refractivity contribution < 1.29 is 27.3 Å². The van der Waals surface area contributed by atoms with Crippen LogP contribution in [0.5, 0.6) is 0 Å². The van der Waals surface area contributed by atoms with E-state index in [2.05, 4.69) is 31.4 Å². The lowest BCUT2D eigenvalue weighted by Crippen LogP contribution is -2.50. The molecule has 51 heavy (non-hydrogen) atoms. The predicted octanol–water partition coefficient (Wildman–Crippen LogP) is 4.10. The zero-order chi connectivity index (χ0) is 37.3. The SMILES string of the molecule is Cc1noc([C@@H](NC(=O)[C@H](C)NCC(Cc2ccccc2)NC(=O)c2cc(C(=O)N[C@H](C)c3ccccc3)cc(N(C)S(C)(=O)=O)c2)C(C)C)n1. The first kappa shape index (κ1) is 38.7. The lowest BCUT2D eigenvalue weighted by Gasteiger charge is -2.25. The van der Waals surface area contributed by atoms with Crippen LogP contribution in [0.15, 0.2) is 83.4 Å². The molecule has 14 heteroatoms. The van der Waals surface area contributed by atoms with Crippen molar-refractivity contribution in [2.75, 3.05) is 24.2 Å². The van der Waals surface area contributed by atoms with Crippen LogP contribution < -0.4 is 25.6 Å². The molecule has 0 radical (unpaired) electrons. The van der Waals surface area contributed by atoms with E-state index in [1.807, 2.05) is 81.4 Å². The summed E-state index contributed by atoms with van der Waals surface area (Å²) < 4.78 is 31.3. The van der Waals surface area contributed by atoms with Gasteiger partial charge in [-0.25, -0.2) is 8.42 Å². The summed E-state index contributed by atoms with van der Waals surface area (Å²) >= 11 is 0. The molecule has 3 aromatic carbocycles. The number of nitrogens with zero attached hydrogens (tertiary/aromatic N) is 3. The van der Waals surface area contributed by atoms with Gasteiger partial charge in [0.15, 0.2) is 5.82 Å². The number of hydrogen-bond acceptors (Lipinski definition) is 9. The number of rotatable bonds is 16. The molecule has 0 spiro atoms. The van der Waals surface area contributed by atoms with E-state index in [-0.39, 0.29) is 41.2 Å². The fourth-order valence-corrected chi connectivity index (χ4v) is 5.82. The van der Waals surface area contributed by atoms with Crippen LogP contribution in [0.4, 0.5) is 5.69 Å². The molecule has 4 aromatic rings. The smallest absolute Gasteiger partial charge is 0.251 e. The summed E-state index contributed by atoms with van der Waals surface area (Å²) in [7, 11) is -2.36. The molecule has 0 aliphatic carbocycles. The highest BCUT2D eigenvalue weighted by Crippen LogP contribution is 2.23. The third-order valence-electron chi connectivity index (χ3n) is 8.45. The largest absolute Gasteiger partial charge is 0.348 e. The molecule has 0 bridgehead atoms. The summed E-state index contributed by atoms with van der Waals surface area (Å²) in [6.45, 7) is 9.36. The van der Waals surface area contributed by atoms with Crippen LogP contribution in [0.25, 0.3) is 0 Å². The second-order valence-corrected chi connectivity index (χ2v) is 15.0. The zero-order valence-electron chi connectivity index (χ0n) is 30.0. The van der Waals surface area contributed by atoms with E-state index in [1.54, 1.807) is 13.8 Å². The molecule has 272 valence electrons. The fraction of sp³-hybridized carbons (Fsp3) is 0.378. The summed E-state index contributed by atoms with van der Waals surface area (Å²) in [6, 6.07) is 21.3. The number of carbonyl (C=O) groups is 3. The van der Waals surface area contributed by atoms with Gasteiger partial charge in [0.1, 0.15) is 6.04 Å². The molecule has 4 rings (SSSR count). The standard InChI is InChI=1S/C37H47N7O6S/c1-23(2)33(37-40-26(5)43-50-37)42-34(45)25(4)38-22-31(18-27-14-10-8-11-15-27)41-36(47)30-19-29(20-32(21-30)44(6)51(7,48)49)35(46)39-24(3)28-16-12-9-13-17-28/h8-17,19-21,23-25,31,33,38H,18,22H2,1-7H3,(H,39,46)(H,41,47)(H,42,45)/t24-,25+,31?,33+/m1/s1. The number of anilines is 1. The molecule has 1 heterocycles. The maximum atomic E-state index is 13.9. The third kappa shape index (κ3) is 11.0. The summed E-state index contributed by atoms with van der Waals surface area (Å²) in [6.07, 6.45) is 1.47. The average molecular weight is 718 g/mol. The molecule has 1 unspecified atom stereocenters. The van der Waals surface area contributed by atoms with E-state index in [0.717, 1.165) is 21.7 Å². The number of nitrogens with one attached hydrogen (secondary N) is 4. The highest BCUT2D eigenvalue weighted by molar-refractivity contribution is 7.92. The molecule has 0 aliphatic rings.